The van der Waals surface area contributed by atoms with Gasteiger partial charge in [0.1, 0.15) is 0 Å². The lowest BCUT2D eigenvalue weighted by Crippen LogP contribution is -2.04. The lowest BCUT2D eigenvalue weighted by Gasteiger charge is -2.03. The Morgan fingerprint density at radius 2 is 1.95 bits per heavy atom. The standard InChI is InChI=1S/C16H16N2O3/c1-11(19)18-14-6-4-13(5-7-14)17-10-12-3-8-16(21-2)15(20)9-12/h3-10,20H,1-2H3,(H,18,19). The highest BCUT2D eigenvalue weighted by Gasteiger charge is 2.00. The highest BCUT2D eigenvalue weighted by atomic mass is 16.5. The Morgan fingerprint density at radius 1 is 1.24 bits per heavy atom. The van der Waals surface area contributed by atoms with Crippen LogP contribution in [0.3, 0.4) is 0 Å². The van der Waals surface area contributed by atoms with Crippen LogP contribution >= 0.6 is 0 Å². The van der Waals surface area contributed by atoms with Crippen LogP contribution in [0, 0.1) is 0 Å². The van der Waals surface area contributed by atoms with Gasteiger partial charge in [-0.15, -0.1) is 0 Å². The minimum absolute atomic E-state index is 0.0717. The Hall–Kier alpha value is -2.82. The molecule has 0 fully saturated rings. The Balaban J connectivity index is 2.10. The summed E-state index contributed by atoms with van der Waals surface area (Å²) in [6, 6.07) is 12.2. The van der Waals surface area contributed by atoms with Gasteiger partial charge in [-0.3, -0.25) is 9.79 Å². The van der Waals surface area contributed by atoms with Gasteiger partial charge in [0.2, 0.25) is 5.91 Å². The Bertz CT molecular complexity index is 664. The van der Waals surface area contributed by atoms with E-state index in [-0.39, 0.29) is 11.7 Å². The summed E-state index contributed by atoms with van der Waals surface area (Å²) < 4.78 is 4.98. The molecule has 2 N–H and O–H groups in total. The predicted octanol–water partition coefficient (Wildman–Crippen LogP) is 3.11. The monoisotopic (exact) mass is 284 g/mol. The van der Waals surface area contributed by atoms with Crippen LogP contribution in [-0.2, 0) is 4.79 Å². The number of hydrogen-bond acceptors (Lipinski definition) is 4. The van der Waals surface area contributed by atoms with Crippen molar-refractivity contribution in [2.45, 2.75) is 6.92 Å². The second kappa shape index (κ2) is 6.56. The van der Waals surface area contributed by atoms with E-state index in [1.54, 1.807) is 48.7 Å². The van der Waals surface area contributed by atoms with Crippen LogP contribution < -0.4 is 10.1 Å². The molecule has 0 aliphatic rings. The number of hydrogen-bond donors (Lipinski definition) is 2. The molecule has 0 aromatic heterocycles. The second-order valence-electron chi connectivity index (χ2n) is 4.42. The summed E-state index contributed by atoms with van der Waals surface area (Å²) in [5.74, 6) is 0.384. The third kappa shape index (κ3) is 4.07. The SMILES string of the molecule is COc1ccc(C=Nc2ccc(NC(C)=O)cc2)cc1O. The van der Waals surface area contributed by atoms with Gasteiger partial charge < -0.3 is 15.2 Å². The molecule has 5 heteroatoms. The summed E-state index contributed by atoms with van der Waals surface area (Å²) in [6.07, 6.45) is 1.65. The minimum Gasteiger partial charge on any atom is -0.504 e. The third-order valence-electron chi connectivity index (χ3n) is 2.75. The van der Waals surface area contributed by atoms with E-state index in [1.807, 2.05) is 0 Å². The number of carbonyl (C=O) groups excluding carboxylic acids is 1. The number of benzene rings is 2. The van der Waals surface area contributed by atoms with Crippen molar-refractivity contribution in [1.29, 1.82) is 0 Å². The molecular weight excluding hydrogens is 268 g/mol. The quantitative estimate of drug-likeness (QED) is 0.847. The lowest BCUT2D eigenvalue weighted by molar-refractivity contribution is -0.114. The van der Waals surface area contributed by atoms with Gasteiger partial charge in [0, 0.05) is 18.8 Å². The summed E-state index contributed by atoms with van der Waals surface area (Å²) in [6.45, 7) is 1.46. The van der Waals surface area contributed by atoms with Gasteiger partial charge in [0.15, 0.2) is 11.5 Å². The summed E-state index contributed by atoms with van der Waals surface area (Å²) in [4.78, 5) is 15.2. The molecule has 2 aromatic carbocycles. The van der Waals surface area contributed by atoms with Crippen molar-refractivity contribution >= 4 is 23.5 Å². The first-order valence-corrected chi connectivity index (χ1v) is 6.37. The molecule has 0 unspecified atom stereocenters. The van der Waals surface area contributed by atoms with Crippen molar-refractivity contribution in [2.24, 2.45) is 4.99 Å². The number of phenolic OH excluding ortho intramolecular Hbond substituents is 1. The molecule has 2 rings (SSSR count). The summed E-state index contributed by atoms with van der Waals surface area (Å²) in [7, 11) is 1.50. The van der Waals surface area contributed by atoms with E-state index in [1.165, 1.54) is 14.0 Å². The highest BCUT2D eigenvalue weighted by Crippen LogP contribution is 2.25. The van der Waals surface area contributed by atoms with E-state index < -0.39 is 0 Å². The van der Waals surface area contributed by atoms with Gasteiger partial charge in [0.25, 0.3) is 0 Å². The van der Waals surface area contributed by atoms with Crippen LogP contribution in [0.2, 0.25) is 0 Å². The molecule has 1 amide bonds. The molecule has 0 atom stereocenters. The Labute approximate surface area is 122 Å². The number of nitrogens with zero attached hydrogens (tertiary/aromatic N) is 1. The molecule has 108 valence electrons. The number of rotatable bonds is 4. The molecule has 0 radical (unpaired) electrons. The van der Waals surface area contributed by atoms with Crippen LogP contribution in [0.25, 0.3) is 0 Å². The lowest BCUT2D eigenvalue weighted by atomic mass is 10.2. The van der Waals surface area contributed by atoms with Crippen molar-refractivity contribution < 1.29 is 14.6 Å². The Morgan fingerprint density at radius 3 is 2.52 bits per heavy atom. The average molecular weight is 284 g/mol. The van der Waals surface area contributed by atoms with Gasteiger partial charge in [-0.25, -0.2) is 0 Å². The molecule has 0 aliphatic heterocycles. The number of anilines is 1. The average Bonchev–Trinajstić information content (AvgIpc) is 2.46. The van der Waals surface area contributed by atoms with E-state index in [0.717, 1.165) is 16.9 Å². The fourth-order valence-electron chi connectivity index (χ4n) is 1.77. The molecule has 0 spiro atoms. The first-order valence-electron chi connectivity index (χ1n) is 6.37. The molecule has 5 nitrogen and oxygen atoms in total. The normalized spacial score (nSPS) is 10.6. The summed E-state index contributed by atoms with van der Waals surface area (Å²) in [5, 5.41) is 12.4. The van der Waals surface area contributed by atoms with E-state index in [9.17, 15) is 9.90 Å². The fourth-order valence-corrected chi connectivity index (χ4v) is 1.77. The van der Waals surface area contributed by atoms with Crippen LogP contribution in [0.5, 0.6) is 11.5 Å². The molecule has 2 aromatic rings. The number of ether oxygens (including phenoxy) is 1. The number of carbonyl (C=O) groups is 1. The maximum Gasteiger partial charge on any atom is 0.221 e. The number of nitrogens with one attached hydrogen (secondary N) is 1. The molecule has 0 aliphatic carbocycles. The van der Waals surface area contributed by atoms with Gasteiger partial charge in [-0.05, 0) is 48.0 Å². The molecule has 0 saturated carbocycles. The molecule has 21 heavy (non-hydrogen) atoms. The molecule has 0 saturated heterocycles. The first kappa shape index (κ1) is 14.6. The molecular formula is C16H16N2O3. The van der Waals surface area contributed by atoms with E-state index in [4.69, 9.17) is 4.74 Å². The van der Waals surface area contributed by atoms with E-state index >= 15 is 0 Å². The topological polar surface area (TPSA) is 70.9 Å². The van der Waals surface area contributed by atoms with Gasteiger partial charge in [-0.1, -0.05) is 0 Å². The molecule has 0 bridgehead atoms. The van der Waals surface area contributed by atoms with E-state index in [0.29, 0.717) is 5.75 Å². The van der Waals surface area contributed by atoms with Crippen molar-refractivity contribution in [3.05, 3.63) is 48.0 Å². The maximum absolute atomic E-state index is 10.9. The number of amides is 1. The van der Waals surface area contributed by atoms with Crippen LogP contribution in [0.4, 0.5) is 11.4 Å². The van der Waals surface area contributed by atoms with Crippen molar-refractivity contribution in [1.82, 2.24) is 0 Å². The van der Waals surface area contributed by atoms with Crippen molar-refractivity contribution in [3.63, 3.8) is 0 Å². The maximum atomic E-state index is 10.9. The predicted molar refractivity (Wildman–Crippen MR) is 82.7 cm³/mol. The summed E-state index contributed by atoms with van der Waals surface area (Å²) >= 11 is 0. The van der Waals surface area contributed by atoms with Gasteiger partial charge >= 0.3 is 0 Å². The minimum atomic E-state index is -0.111. The van der Waals surface area contributed by atoms with Gasteiger partial charge in [0.05, 0.1) is 12.8 Å². The second-order valence-corrected chi connectivity index (χ2v) is 4.42. The van der Waals surface area contributed by atoms with Crippen LogP contribution in [0.1, 0.15) is 12.5 Å². The van der Waals surface area contributed by atoms with Crippen LogP contribution in [0.15, 0.2) is 47.5 Å². The Kier molecular flexibility index (Phi) is 4.56. The van der Waals surface area contributed by atoms with E-state index in [2.05, 4.69) is 10.3 Å². The smallest absolute Gasteiger partial charge is 0.221 e. The third-order valence-corrected chi connectivity index (χ3v) is 2.75. The highest BCUT2D eigenvalue weighted by molar-refractivity contribution is 5.89. The largest absolute Gasteiger partial charge is 0.504 e. The number of aromatic hydroxyl groups is 1. The first-order chi connectivity index (χ1) is 10.1. The van der Waals surface area contributed by atoms with Crippen LogP contribution in [-0.4, -0.2) is 24.3 Å². The zero-order valence-electron chi connectivity index (χ0n) is 11.8. The molecule has 0 heterocycles. The summed E-state index contributed by atoms with van der Waals surface area (Å²) in [5.41, 5.74) is 2.24. The number of methoxy groups -OCH3 is 1. The van der Waals surface area contributed by atoms with Crippen molar-refractivity contribution in [2.75, 3.05) is 12.4 Å². The van der Waals surface area contributed by atoms with Crippen molar-refractivity contribution in [3.8, 4) is 11.5 Å². The number of aliphatic imine (C=N–C) groups is 1. The van der Waals surface area contributed by atoms with Gasteiger partial charge in [-0.2, -0.15) is 0 Å². The fraction of sp³-hybridized carbons (Fsp3) is 0.125. The zero-order valence-corrected chi connectivity index (χ0v) is 11.8. The zero-order chi connectivity index (χ0) is 15.2. The number of phenols is 1.